The number of hydrogen-bond acceptors (Lipinski definition) is 5. The second-order valence-corrected chi connectivity index (χ2v) is 8.44. The van der Waals surface area contributed by atoms with Crippen molar-refractivity contribution in [1.82, 2.24) is 4.98 Å². The van der Waals surface area contributed by atoms with Gasteiger partial charge >= 0.3 is 0 Å². The lowest BCUT2D eigenvalue weighted by molar-refractivity contribution is -0.122. The van der Waals surface area contributed by atoms with E-state index in [2.05, 4.69) is 31.1 Å². The standard InChI is InChI=1S/C20H25N3O3S/c1-5-26-15-9-7-6-8-14(15)23-11-13(10-17(23)24)18(25)22-19-21-16(12-27-19)20(2,3)4/h6-9,12-13H,5,10-11H2,1-4H3,(H,21,22,25). The van der Waals surface area contributed by atoms with Crippen molar-refractivity contribution in [3.05, 3.63) is 35.3 Å². The number of carbonyl (C=O) groups excluding carboxylic acids is 2. The molecule has 1 saturated heterocycles. The number of ether oxygens (including phenoxy) is 1. The molecule has 1 aromatic carbocycles. The molecule has 3 rings (SSSR count). The van der Waals surface area contributed by atoms with Gasteiger partial charge in [-0.3, -0.25) is 9.59 Å². The maximum Gasteiger partial charge on any atom is 0.231 e. The summed E-state index contributed by atoms with van der Waals surface area (Å²) in [6, 6.07) is 7.42. The van der Waals surface area contributed by atoms with E-state index in [1.54, 1.807) is 4.90 Å². The molecule has 0 saturated carbocycles. The molecule has 1 unspecified atom stereocenters. The van der Waals surface area contributed by atoms with Crippen molar-refractivity contribution in [3.8, 4) is 5.75 Å². The molecule has 1 aliphatic heterocycles. The third-order valence-corrected chi connectivity index (χ3v) is 5.21. The van der Waals surface area contributed by atoms with Crippen LogP contribution in [-0.2, 0) is 15.0 Å². The summed E-state index contributed by atoms with van der Waals surface area (Å²) in [5.74, 6) is 0.00435. The van der Waals surface area contributed by atoms with Gasteiger partial charge in [-0.2, -0.15) is 0 Å². The van der Waals surface area contributed by atoms with E-state index in [0.717, 1.165) is 5.69 Å². The van der Waals surface area contributed by atoms with Crippen LogP contribution in [-0.4, -0.2) is 29.9 Å². The van der Waals surface area contributed by atoms with Crippen molar-refractivity contribution in [2.45, 2.75) is 39.5 Å². The number of amides is 2. The van der Waals surface area contributed by atoms with Crippen molar-refractivity contribution < 1.29 is 14.3 Å². The van der Waals surface area contributed by atoms with E-state index in [4.69, 9.17) is 4.74 Å². The van der Waals surface area contributed by atoms with Crippen LogP contribution in [0.3, 0.4) is 0 Å². The molecule has 0 bridgehead atoms. The molecule has 2 aromatic rings. The minimum absolute atomic E-state index is 0.0669. The Kier molecular flexibility index (Phi) is 5.51. The van der Waals surface area contributed by atoms with E-state index in [1.165, 1.54) is 11.3 Å². The van der Waals surface area contributed by atoms with Crippen molar-refractivity contribution in [2.24, 2.45) is 5.92 Å². The fraction of sp³-hybridized carbons (Fsp3) is 0.450. The van der Waals surface area contributed by atoms with Crippen LogP contribution in [0.1, 0.15) is 39.8 Å². The molecule has 1 aromatic heterocycles. The van der Waals surface area contributed by atoms with Crippen LogP contribution in [0.2, 0.25) is 0 Å². The van der Waals surface area contributed by atoms with Crippen LogP contribution in [0.25, 0.3) is 0 Å². The molecule has 0 spiro atoms. The van der Waals surface area contributed by atoms with Crippen molar-refractivity contribution in [2.75, 3.05) is 23.4 Å². The Morgan fingerprint density at radius 2 is 2.11 bits per heavy atom. The molecular weight excluding hydrogens is 362 g/mol. The monoisotopic (exact) mass is 387 g/mol. The van der Waals surface area contributed by atoms with Gasteiger partial charge in [-0.25, -0.2) is 4.98 Å². The zero-order chi connectivity index (χ0) is 19.6. The van der Waals surface area contributed by atoms with Crippen molar-refractivity contribution >= 4 is 34.0 Å². The van der Waals surface area contributed by atoms with Gasteiger partial charge in [0.25, 0.3) is 0 Å². The summed E-state index contributed by atoms with van der Waals surface area (Å²) in [6.45, 7) is 9.00. The van der Waals surface area contributed by atoms with Crippen LogP contribution >= 0.6 is 11.3 Å². The van der Waals surface area contributed by atoms with Gasteiger partial charge in [0.2, 0.25) is 11.8 Å². The highest BCUT2D eigenvalue weighted by atomic mass is 32.1. The number of thiazole rings is 1. The zero-order valence-electron chi connectivity index (χ0n) is 16.1. The van der Waals surface area contributed by atoms with Gasteiger partial charge in [-0.05, 0) is 19.1 Å². The minimum Gasteiger partial charge on any atom is -0.492 e. The second kappa shape index (κ2) is 7.68. The Bertz CT molecular complexity index is 841. The number of anilines is 2. The highest BCUT2D eigenvalue weighted by Gasteiger charge is 2.36. The zero-order valence-corrected chi connectivity index (χ0v) is 16.9. The number of para-hydroxylation sites is 2. The molecule has 2 amide bonds. The first-order valence-electron chi connectivity index (χ1n) is 9.08. The molecule has 1 aliphatic rings. The van der Waals surface area contributed by atoms with E-state index in [0.29, 0.717) is 29.7 Å². The number of nitrogens with zero attached hydrogens (tertiary/aromatic N) is 2. The van der Waals surface area contributed by atoms with E-state index < -0.39 is 5.92 Å². The summed E-state index contributed by atoms with van der Waals surface area (Å²) in [7, 11) is 0. The van der Waals surface area contributed by atoms with E-state index in [9.17, 15) is 9.59 Å². The number of rotatable bonds is 5. The lowest BCUT2D eigenvalue weighted by Gasteiger charge is -2.20. The van der Waals surface area contributed by atoms with Gasteiger partial charge in [0.15, 0.2) is 5.13 Å². The summed E-state index contributed by atoms with van der Waals surface area (Å²) in [4.78, 5) is 31.3. The maximum absolute atomic E-state index is 12.7. The summed E-state index contributed by atoms with van der Waals surface area (Å²) in [5, 5.41) is 5.40. The van der Waals surface area contributed by atoms with Crippen LogP contribution in [0.5, 0.6) is 5.75 Å². The van der Waals surface area contributed by atoms with E-state index in [1.807, 2.05) is 36.6 Å². The third-order valence-electron chi connectivity index (χ3n) is 4.45. The molecule has 0 radical (unpaired) electrons. The molecule has 2 heterocycles. The molecule has 1 fully saturated rings. The Morgan fingerprint density at radius 3 is 2.78 bits per heavy atom. The fourth-order valence-electron chi connectivity index (χ4n) is 2.96. The molecule has 144 valence electrons. The Labute approximate surface area is 163 Å². The summed E-state index contributed by atoms with van der Waals surface area (Å²) in [5.41, 5.74) is 1.59. The first-order chi connectivity index (χ1) is 12.8. The number of nitrogens with one attached hydrogen (secondary N) is 1. The fourth-order valence-corrected chi connectivity index (χ4v) is 3.90. The van der Waals surface area contributed by atoms with E-state index in [-0.39, 0.29) is 23.7 Å². The number of carbonyl (C=O) groups is 2. The minimum atomic E-state index is -0.408. The molecule has 6 nitrogen and oxygen atoms in total. The number of hydrogen-bond donors (Lipinski definition) is 1. The van der Waals surface area contributed by atoms with Crippen LogP contribution in [0.15, 0.2) is 29.6 Å². The van der Waals surface area contributed by atoms with Crippen molar-refractivity contribution in [1.29, 1.82) is 0 Å². The predicted molar refractivity (Wildman–Crippen MR) is 108 cm³/mol. The molecule has 7 heteroatoms. The van der Waals surface area contributed by atoms with Gasteiger partial charge in [-0.15, -0.1) is 11.3 Å². The SMILES string of the molecule is CCOc1ccccc1N1CC(C(=O)Nc2nc(C(C)(C)C)cs2)CC1=O. The molecule has 1 N–H and O–H groups in total. The van der Waals surface area contributed by atoms with Crippen LogP contribution < -0.4 is 15.0 Å². The Balaban J connectivity index is 1.70. The number of aromatic nitrogens is 1. The summed E-state index contributed by atoms with van der Waals surface area (Å²) >= 11 is 1.41. The average molecular weight is 388 g/mol. The topological polar surface area (TPSA) is 71.5 Å². The third kappa shape index (κ3) is 4.30. The van der Waals surface area contributed by atoms with Gasteiger partial charge in [-0.1, -0.05) is 32.9 Å². The van der Waals surface area contributed by atoms with Crippen molar-refractivity contribution in [3.63, 3.8) is 0 Å². The lowest BCUT2D eigenvalue weighted by atomic mass is 9.93. The van der Waals surface area contributed by atoms with Crippen LogP contribution in [0, 0.1) is 5.92 Å². The van der Waals surface area contributed by atoms with Gasteiger partial charge < -0.3 is 15.0 Å². The molecular formula is C20H25N3O3S. The first-order valence-corrected chi connectivity index (χ1v) is 9.96. The molecule has 1 atom stereocenters. The lowest BCUT2D eigenvalue weighted by Crippen LogP contribution is -2.28. The smallest absolute Gasteiger partial charge is 0.231 e. The highest BCUT2D eigenvalue weighted by Crippen LogP contribution is 2.34. The largest absolute Gasteiger partial charge is 0.492 e. The van der Waals surface area contributed by atoms with Gasteiger partial charge in [0.1, 0.15) is 5.75 Å². The molecule has 0 aliphatic carbocycles. The maximum atomic E-state index is 12.7. The summed E-state index contributed by atoms with van der Waals surface area (Å²) in [6.07, 6.45) is 0.184. The highest BCUT2D eigenvalue weighted by molar-refractivity contribution is 7.13. The van der Waals surface area contributed by atoms with Crippen LogP contribution in [0.4, 0.5) is 10.8 Å². The summed E-state index contributed by atoms with van der Waals surface area (Å²) < 4.78 is 5.62. The quantitative estimate of drug-likeness (QED) is 0.846. The van der Waals surface area contributed by atoms with E-state index >= 15 is 0 Å². The number of benzene rings is 1. The predicted octanol–water partition coefficient (Wildman–Crippen LogP) is 3.83. The molecule has 27 heavy (non-hydrogen) atoms. The Morgan fingerprint density at radius 1 is 1.37 bits per heavy atom. The van der Waals surface area contributed by atoms with Gasteiger partial charge in [0, 0.05) is 23.8 Å². The normalized spacial score (nSPS) is 17.3. The Hall–Kier alpha value is -2.41. The first kappa shape index (κ1) is 19.4. The van der Waals surface area contributed by atoms with Gasteiger partial charge in [0.05, 0.1) is 23.9 Å². The average Bonchev–Trinajstić information content (AvgIpc) is 3.22. The second-order valence-electron chi connectivity index (χ2n) is 7.58.